The van der Waals surface area contributed by atoms with Crippen molar-refractivity contribution in [3.05, 3.63) is 70.8 Å². The average molecular weight is 512 g/mol. The van der Waals surface area contributed by atoms with Crippen molar-refractivity contribution in [2.45, 2.75) is 77.5 Å². The molecule has 1 saturated heterocycles. The lowest BCUT2D eigenvalue weighted by Gasteiger charge is -2.45. The van der Waals surface area contributed by atoms with E-state index in [4.69, 9.17) is 0 Å². The summed E-state index contributed by atoms with van der Waals surface area (Å²) in [7, 11) is 0. The molecule has 2 aromatic rings. The molecule has 0 spiro atoms. The molecule has 1 unspecified atom stereocenters. The summed E-state index contributed by atoms with van der Waals surface area (Å²) < 4.78 is 28.2. The first kappa shape index (κ1) is 26.8. The van der Waals surface area contributed by atoms with Crippen LogP contribution in [0.3, 0.4) is 0 Å². The van der Waals surface area contributed by atoms with Gasteiger partial charge in [-0.15, -0.1) is 0 Å². The van der Waals surface area contributed by atoms with Crippen LogP contribution in [0.5, 0.6) is 0 Å². The first-order valence-corrected chi connectivity index (χ1v) is 12.8. The molecule has 1 fully saturated rings. The maximum atomic E-state index is 14.4. The highest BCUT2D eigenvalue weighted by Gasteiger charge is 2.49. The standard InChI is InChI=1S/C29H35F2N3O3/c1-16(2)12-23-26(35)32-24(20-13-17-8-6-7-9-18(17)14-20)28(37)34(23)25(27(36)33-29(3,4)5)19-10-11-21(30)22(31)15-19/h6-11,15-16,20,23-25H,12-14H2,1-5H3,(H,32,35)(H,33,36)/t23-,24?,25-/m1/s1. The number of nitrogens with one attached hydrogen (secondary N) is 2. The lowest BCUT2D eigenvalue weighted by molar-refractivity contribution is -0.158. The number of hydrogen-bond donors (Lipinski definition) is 2. The van der Waals surface area contributed by atoms with E-state index in [1.807, 2.05) is 38.1 Å². The Morgan fingerprint density at radius 3 is 2.22 bits per heavy atom. The van der Waals surface area contributed by atoms with Crippen molar-refractivity contribution >= 4 is 17.7 Å². The van der Waals surface area contributed by atoms with E-state index in [1.54, 1.807) is 20.8 Å². The van der Waals surface area contributed by atoms with E-state index < -0.39 is 41.2 Å². The van der Waals surface area contributed by atoms with Crippen molar-refractivity contribution in [2.75, 3.05) is 0 Å². The predicted octanol–water partition coefficient (Wildman–Crippen LogP) is 4.08. The molecule has 1 aliphatic heterocycles. The molecule has 0 saturated carbocycles. The van der Waals surface area contributed by atoms with Gasteiger partial charge in [0.05, 0.1) is 0 Å². The Hall–Kier alpha value is -3.29. The number of nitrogens with zero attached hydrogens (tertiary/aromatic N) is 1. The maximum Gasteiger partial charge on any atom is 0.247 e. The van der Waals surface area contributed by atoms with Gasteiger partial charge in [-0.05, 0) is 80.7 Å². The smallest absolute Gasteiger partial charge is 0.247 e. The first-order valence-electron chi connectivity index (χ1n) is 12.8. The van der Waals surface area contributed by atoms with Gasteiger partial charge in [-0.25, -0.2) is 8.78 Å². The molecular formula is C29H35F2N3O3. The molecule has 2 aromatic carbocycles. The van der Waals surface area contributed by atoms with Gasteiger partial charge in [0, 0.05) is 5.54 Å². The fourth-order valence-corrected chi connectivity index (χ4v) is 5.43. The second-order valence-corrected chi connectivity index (χ2v) is 11.6. The summed E-state index contributed by atoms with van der Waals surface area (Å²) >= 11 is 0. The fraction of sp³-hybridized carbons (Fsp3) is 0.483. The third-order valence-corrected chi connectivity index (χ3v) is 6.99. The third-order valence-electron chi connectivity index (χ3n) is 6.99. The van der Waals surface area contributed by atoms with E-state index in [2.05, 4.69) is 10.6 Å². The second-order valence-electron chi connectivity index (χ2n) is 11.6. The number of rotatable bonds is 6. The van der Waals surface area contributed by atoms with Crippen molar-refractivity contribution < 1.29 is 23.2 Å². The third kappa shape index (κ3) is 5.68. The Kier molecular flexibility index (Phi) is 7.40. The van der Waals surface area contributed by atoms with Gasteiger partial charge in [-0.2, -0.15) is 0 Å². The SMILES string of the molecule is CC(C)C[C@@H]1C(=O)NC(C2Cc3ccccc3C2)C(=O)N1[C@@H](C(=O)NC(C)(C)C)c1ccc(F)c(F)c1. The van der Waals surface area contributed by atoms with Crippen molar-refractivity contribution in [3.63, 3.8) is 0 Å². The quantitative estimate of drug-likeness (QED) is 0.614. The van der Waals surface area contributed by atoms with Crippen LogP contribution in [0.4, 0.5) is 8.78 Å². The van der Waals surface area contributed by atoms with Crippen LogP contribution in [0, 0.1) is 23.5 Å². The number of fused-ring (bicyclic) bond motifs is 1. The molecule has 2 N–H and O–H groups in total. The number of carbonyl (C=O) groups excluding carboxylic acids is 3. The monoisotopic (exact) mass is 511 g/mol. The summed E-state index contributed by atoms with van der Waals surface area (Å²) in [5.41, 5.74) is 1.72. The molecule has 1 heterocycles. The lowest BCUT2D eigenvalue weighted by atomic mass is 9.87. The van der Waals surface area contributed by atoms with Gasteiger partial charge in [0.15, 0.2) is 11.6 Å². The van der Waals surface area contributed by atoms with Gasteiger partial charge < -0.3 is 15.5 Å². The van der Waals surface area contributed by atoms with Gasteiger partial charge >= 0.3 is 0 Å². The van der Waals surface area contributed by atoms with Crippen molar-refractivity contribution in [2.24, 2.45) is 11.8 Å². The summed E-state index contributed by atoms with van der Waals surface area (Å²) in [5, 5.41) is 5.82. The number of piperazine rings is 1. The molecule has 4 rings (SSSR count). The number of carbonyl (C=O) groups is 3. The topological polar surface area (TPSA) is 78.5 Å². The molecule has 2 aliphatic rings. The molecule has 8 heteroatoms. The van der Waals surface area contributed by atoms with Crippen LogP contribution in [-0.2, 0) is 27.2 Å². The van der Waals surface area contributed by atoms with E-state index in [-0.39, 0.29) is 29.2 Å². The highest BCUT2D eigenvalue weighted by molar-refractivity contribution is 6.00. The Balaban J connectivity index is 1.78. The number of hydrogen-bond acceptors (Lipinski definition) is 3. The van der Waals surface area contributed by atoms with Gasteiger partial charge in [0.25, 0.3) is 0 Å². The Bertz CT molecular complexity index is 1180. The molecule has 1 aliphatic carbocycles. The van der Waals surface area contributed by atoms with E-state index in [9.17, 15) is 23.2 Å². The second kappa shape index (κ2) is 10.2. The van der Waals surface area contributed by atoms with E-state index in [1.165, 1.54) is 11.0 Å². The van der Waals surface area contributed by atoms with Gasteiger partial charge in [-0.1, -0.05) is 44.2 Å². The number of benzene rings is 2. The summed E-state index contributed by atoms with van der Waals surface area (Å²) in [6.07, 6.45) is 1.57. The van der Waals surface area contributed by atoms with Crippen LogP contribution in [0.1, 0.15) is 63.8 Å². The highest BCUT2D eigenvalue weighted by Crippen LogP contribution is 2.35. The predicted molar refractivity (Wildman–Crippen MR) is 136 cm³/mol. The van der Waals surface area contributed by atoms with Crippen LogP contribution in [0.15, 0.2) is 42.5 Å². The van der Waals surface area contributed by atoms with Crippen molar-refractivity contribution in [1.29, 1.82) is 0 Å². The van der Waals surface area contributed by atoms with Gasteiger partial charge in [0.1, 0.15) is 18.1 Å². The van der Waals surface area contributed by atoms with E-state index >= 15 is 0 Å². The minimum absolute atomic E-state index is 0.0367. The Morgan fingerprint density at radius 2 is 1.68 bits per heavy atom. The number of halogens is 2. The summed E-state index contributed by atoms with van der Waals surface area (Å²) in [5.74, 6) is -3.59. The molecule has 6 nitrogen and oxygen atoms in total. The zero-order valence-corrected chi connectivity index (χ0v) is 22.0. The highest BCUT2D eigenvalue weighted by atomic mass is 19.2. The molecule has 3 amide bonds. The van der Waals surface area contributed by atoms with Crippen LogP contribution in [-0.4, -0.2) is 40.2 Å². The molecule has 0 bridgehead atoms. The van der Waals surface area contributed by atoms with E-state index in [0.717, 1.165) is 23.3 Å². The summed E-state index contributed by atoms with van der Waals surface area (Å²) in [6, 6.07) is 8.05. The van der Waals surface area contributed by atoms with Gasteiger partial charge in [-0.3, -0.25) is 14.4 Å². The molecule has 3 atom stereocenters. The van der Waals surface area contributed by atoms with Crippen LogP contribution >= 0.6 is 0 Å². The first-order chi connectivity index (χ1) is 17.4. The van der Waals surface area contributed by atoms with Crippen molar-refractivity contribution in [1.82, 2.24) is 15.5 Å². The van der Waals surface area contributed by atoms with Crippen LogP contribution in [0.2, 0.25) is 0 Å². The van der Waals surface area contributed by atoms with Gasteiger partial charge in [0.2, 0.25) is 17.7 Å². The Morgan fingerprint density at radius 1 is 1.05 bits per heavy atom. The largest absolute Gasteiger partial charge is 0.349 e. The van der Waals surface area contributed by atoms with Crippen LogP contribution < -0.4 is 10.6 Å². The molecular weight excluding hydrogens is 476 g/mol. The van der Waals surface area contributed by atoms with E-state index in [0.29, 0.717) is 19.3 Å². The van der Waals surface area contributed by atoms with Crippen LogP contribution in [0.25, 0.3) is 0 Å². The molecule has 198 valence electrons. The molecule has 0 radical (unpaired) electrons. The molecule has 0 aromatic heterocycles. The number of amides is 3. The summed E-state index contributed by atoms with van der Waals surface area (Å²) in [6.45, 7) is 9.24. The minimum atomic E-state index is -1.30. The normalized spacial score (nSPS) is 21.1. The maximum absolute atomic E-state index is 14.4. The average Bonchev–Trinajstić information content (AvgIpc) is 3.23. The molecule has 37 heavy (non-hydrogen) atoms. The Labute approximate surface area is 216 Å². The summed E-state index contributed by atoms with van der Waals surface area (Å²) in [4.78, 5) is 42.7. The fourth-order valence-electron chi connectivity index (χ4n) is 5.43. The van der Waals surface area contributed by atoms with Crippen molar-refractivity contribution in [3.8, 4) is 0 Å². The lowest BCUT2D eigenvalue weighted by Crippen LogP contribution is -2.67. The zero-order valence-electron chi connectivity index (χ0n) is 22.0. The zero-order chi connectivity index (χ0) is 27.1. The minimum Gasteiger partial charge on any atom is -0.349 e.